The van der Waals surface area contributed by atoms with E-state index in [9.17, 15) is 28.0 Å². The summed E-state index contributed by atoms with van der Waals surface area (Å²) in [5.41, 5.74) is -0.229. The Balaban J connectivity index is 1.33. The molecule has 266 valence electrons. The van der Waals surface area contributed by atoms with Crippen LogP contribution in [0.1, 0.15) is 49.5 Å². The molecule has 1 fully saturated rings. The summed E-state index contributed by atoms with van der Waals surface area (Å²) >= 11 is 6.10. The van der Waals surface area contributed by atoms with E-state index in [2.05, 4.69) is 25.6 Å². The van der Waals surface area contributed by atoms with E-state index >= 15 is 4.39 Å². The number of aromatic nitrogens is 8. The van der Waals surface area contributed by atoms with Crippen molar-refractivity contribution in [3.05, 3.63) is 94.9 Å². The summed E-state index contributed by atoms with van der Waals surface area (Å²) in [5, 5.41) is 28.9. The molecule has 5 heterocycles. The lowest BCUT2D eigenvalue weighted by atomic mass is 10.0. The number of halogens is 5. The average Bonchev–Trinajstić information content (AvgIpc) is 3.84. The van der Waals surface area contributed by atoms with E-state index in [1.54, 1.807) is 4.90 Å². The van der Waals surface area contributed by atoms with E-state index in [0.29, 0.717) is 23.4 Å². The molecule has 0 aliphatic carbocycles. The van der Waals surface area contributed by atoms with E-state index < -0.39 is 23.7 Å². The smallest absolute Gasteiger partial charge is 0.433 e. The van der Waals surface area contributed by atoms with Gasteiger partial charge in [0.1, 0.15) is 12.0 Å². The molecule has 0 unspecified atom stereocenters. The lowest BCUT2D eigenvalue weighted by Gasteiger charge is -2.27. The van der Waals surface area contributed by atoms with Gasteiger partial charge in [0.2, 0.25) is 17.5 Å². The molecule has 1 aliphatic heterocycles. The first kappa shape index (κ1) is 35.4. The summed E-state index contributed by atoms with van der Waals surface area (Å²) in [6.07, 6.45) is 4.40. The lowest BCUT2D eigenvalue weighted by Crippen LogP contribution is -2.41. The highest BCUT2D eigenvalue weighted by Gasteiger charge is 2.33. The second-order valence-corrected chi connectivity index (χ2v) is 12.5. The van der Waals surface area contributed by atoms with Gasteiger partial charge in [-0.15, -0.1) is 5.10 Å². The van der Waals surface area contributed by atoms with Crippen LogP contribution in [-0.4, -0.2) is 83.3 Å². The maximum absolute atomic E-state index is 15.5. The van der Waals surface area contributed by atoms with E-state index in [4.69, 9.17) is 11.6 Å². The molecule has 1 atom stereocenters. The molecule has 51 heavy (non-hydrogen) atoms. The Kier molecular flexibility index (Phi) is 10.3. The number of rotatable bonds is 10. The molecular formula is C33H31ClF4N10O3. The quantitative estimate of drug-likeness (QED) is 0.113. The Morgan fingerprint density at radius 3 is 2.55 bits per heavy atom. The molecule has 2 amide bonds. The van der Waals surface area contributed by atoms with Crippen LogP contribution in [0.15, 0.2) is 67.5 Å². The second-order valence-electron chi connectivity index (χ2n) is 12.0. The molecular weight excluding hydrogens is 696 g/mol. The summed E-state index contributed by atoms with van der Waals surface area (Å²) < 4.78 is 58.8. The molecule has 1 aliphatic rings. The first-order chi connectivity index (χ1) is 24.4. The fourth-order valence-electron chi connectivity index (χ4n) is 5.98. The number of tetrazole rings is 1. The molecule has 1 saturated heterocycles. The van der Waals surface area contributed by atoms with E-state index in [1.165, 1.54) is 70.4 Å². The molecule has 1 aromatic carbocycles. The predicted molar refractivity (Wildman–Crippen MR) is 174 cm³/mol. The normalized spacial score (nSPS) is 14.0. The molecule has 0 N–H and O–H groups in total. The SMILES string of the molecule is CN(C[C@H](c1ccc(-c2c(-n3cnnn3)ccc(Cl)c2F)c[n+]1[O-])n1cc(-c2ccnc(C(F)(F)F)c2)cn1)C(=O)CCC(=O)N1CCCCC1. The van der Waals surface area contributed by atoms with Crippen LogP contribution >= 0.6 is 11.6 Å². The van der Waals surface area contributed by atoms with E-state index in [-0.39, 0.29) is 64.3 Å². The molecule has 5 aromatic rings. The van der Waals surface area contributed by atoms with Gasteiger partial charge in [-0.05, 0) is 65.6 Å². The van der Waals surface area contributed by atoms with Crippen molar-refractivity contribution in [3.63, 3.8) is 0 Å². The van der Waals surface area contributed by atoms with Crippen LogP contribution < -0.4 is 4.73 Å². The highest BCUT2D eigenvalue weighted by molar-refractivity contribution is 6.31. The highest BCUT2D eigenvalue weighted by Crippen LogP contribution is 2.34. The Bertz CT molecular complexity index is 2030. The van der Waals surface area contributed by atoms with E-state index in [1.807, 2.05) is 0 Å². The minimum absolute atomic E-state index is 0.0222. The van der Waals surface area contributed by atoms with Gasteiger partial charge < -0.3 is 15.0 Å². The third-order valence-electron chi connectivity index (χ3n) is 8.68. The van der Waals surface area contributed by atoms with Crippen molar-refractivity contribution in [3.8, 4) is 27.9 Å². The Labute approximate surface area is 293 Å². The van der Waals surface area contributed by atoms with Gasteiger partial charge in [-0.1, -0.05) is 11.6 Å². The number of likely N-dealkylation sites (tertiary alicyclic amines) is 1. The van der Waals surface area contributed by atoms with E-state index in [0.717, 1.165) is 37.7 Å². The molecule has 0 spiro atoms. The number of carbonyl (C=O) groups is 2. The summed E-state index contributed by atoms with van der Waals surface area (Å²) in [5.74, 6) is -1.28. The van der Waals surface area contributed by atoms with Crippen molar-refractivity contribution in [2.24, 2.45) is 0 Å². The molecule has 0 bridgehead atoms. The number of likely N-dealkylation sites (N-methyl/N-ethyl adjacent to an activating group) is 1. The molecule has 0 saturated carbocycles. The maximum Gasteiger partial charge on any atom is 0.433 e. The van der Waals surface area contributed by atoms with Gasteiger partial charge in [0, 0.05) is 57.0 Å². The van der Waals surface area contributed by atoms with Crippen LogP contribution in [-0.2, 0) is 15.8 Å². The summed E-state index contributed by atoms with van der Waals surface area (Å²) in [6, 6.07) is 7.06. The van der Waals surface area contributed by atoms with Crippen molar-refractivity contribution in [2.45, 2.75) is 44.3 Å². The van der Waals surface area contributed by atoms with Crippen molar-refractivity contribution in [2.75, 3.05) is 26.7 Å². The van der Waals surface area contributed by atoms with Crippen LogP contribution in [0.3, 0.4) is 0 Å². The van der Waals surface area contributed by atoms with Gasteiger partial charge in [0.15, 0.2) is 18.1 Å². The summed E-state index contributed by atoms with van der Waals surface area (Å²) in [6.45, 7) is 1.21. The number of piperidine rings is 1. The van der Waals surface area contributed by atoms with Crippen LogP contribution in [0.25, 0.3) is 27.9 Å². The van der Waals surface area contributed by atoms with Gasteiger partial charge in [-0.25, -0.2) is 4.39 Å². The Morgan fingerprint density at radius 1 is 1.06 bits per heavy atom. The monoisotopic (exact) mass is 726 g/mol. The largest absolute Gasteiger partial charge is 0.618 e. The van der Waals surface area contributed by atoms with Gasteiger partial charge >= 0.3 is 6.18 Å². The zero-order valence-corrected chi connectivity index (χ0v) is 27.9. The number of alkyl halides is 3. The highest BCUT2D eigenvalue weighted by atomic mass is 35.5. The third-order valence-corrected chi connectivity index (χ3v) is 8.97. The zero-order chi connectivity index (χ0) is 36.3. The van der Waals surface area contributed by atoms with Crippen LogP contribution in [0, 0.1) is 11.0 Å². The second kappa shape index (κ2) is 14.8. The molecule has 13 nitrogen and oxygen atoms in total. The predicted octanol–water partition coefficient (Wildman–Crippen LogP) is 4.87. The number of hydrogen-bond donors (Lipinski definition) is 0. The van der Waals surface area contributed by atoms with Crippen molar-refractivity contribution in [1.82, 2.24) is 44.8 Å². The molecule has 6 rings (SSSR count). The van der Waals surface area contributed by atoms with Crippen molar-refractivity contribution in [1.29, 1.82) is 0 Å². The molecule has 4 aromatic heterocycles. The summed E-state index contributed by atoms with van der Waals surface area (Å²) in [7, 11) is 1.52. The van der Waals surface area contributed by atoms with Gasteiger partial charge in [-0.3, -0.25) is 19.3 Å². The van der Waals surface area contributed by atoms with Crippen LogP contribution in [0.2, 0.25) is 5.02 Å². The minimum atomic E-state index is -4.67. The summed E-state index contributed by atoms with van der Waals surface area (Å²) in [4.78, 5) is 32.5. The van der Waals surface area contributed by atoms with Crippen molar-refractivity contribution < 1.29 is 31.9 Å². The Morgan fingerprint density at radius 2 is 1.84 bits per heavy atom. The molecule has 18 heteroatoms. The third kappa shape index (κ3) is 7.82. The number of hydrogen-bond acceptors (Lipinski definition) is 8. The molecule has 0 radical (unpaired) electrons. The minimum Gasteiger partial charge on any atom is -0.618 e. The number of amides is 2. The standard InChI is InChI=1S/C33H31ClF4N10O3/c1-44(29(49)9-10-30(50)45-13-3-2-4-14-45)19-27(46-17-23(16-41-46)21-11-12-39-28(15-21)33(36,37)38)25-7-5-22(18-48(25)51)31-26(47-20-40-42-43-47)8-6-24(34)32(31)35/h5-8,11-12,15-18,20,27H,2-4,9-10,13-14,19H2,1H3/t27-/m1/s1. The van der Waals surface area contributed by atoms with Gasteiger partial charge in [0.05, 0.1) is 34.6 Å². The van der Waals surface area contributed by atoms with Crippen molar-refractivity contribution >= 4 is 23.4 Å². The number of benzene rings is 1. The van der Waals surface area contributed by atoms with Gasteiger partial charge in [0.25, 0.3) is 0 Å². The first-order valence-electron chi connectivity index (χ1n) is 15.9. The number of nitrogens with zero attached hydrogens (tertiary/aromatic N) is 10. The fraction of sp³-hybridized carbons (Fsp3) is 0.333. The number of carbonyl (C=O) groups excluding carboxylic acids is 2. The lowest BCUT2D eigenvalue weighted by molar-refractivity contribution is -0.615. The maximum atomic E-state index is 15.5. The Hall–Kier alpha value is -5.45. The average molecular weight is 727 g/mol. The topological polar surface area (TPSA) is 142 Å². The van der Waals surface area contributed by atoms with Crippen LogP contribution in [0.5, 0.6) is 0 Å². The van der Waals surface area contributed by atoms with Gasteiger partial charge in [-0.2, -0.15) is 27.7 Å². The van der Waals surface area contributed by atoms with Crippen LogP contribution in [0.4, 0.5) is 17.6 Å². The fourth-order valence-corrected chi connectivity index (χ4v) is 6.14. The first-order valence-corrected chi connectivity index (χ1v) is 16.3. The number of pyridine rings is 2. The zero-order valence-electron chi connectivity index (χ0n) is 27.2.